The van der Waals surface area contributed by atoms with E-state index in [0.717, 1.165) is 17.1 Å². The Labute approximate surface area is 354 Å². The lowest BCUT2D eigenvalue weighted by Crippen LogP contribution is -2.10. The van der Waals surface area contributed by atoms with Crippen molar-refractivity contribution in [2.24, 2.45) is 0 Å². The highest BCUT2D eigenvalue weighted by molar-refractivity contribution is 7.25. The number of thiophene rings is 1. The van der Waals surface area contributed by atoms with Crippen molar-refractivity contribution in [3.05, 3.63) is 237 Å². The maximum Gasteiger partial charge on any atom is 0.0467 e. The van der Waals surface area contributed by atoms with Gasteiger partial charge in [-0.2, -0.15) is 0 Å². The molecule has 0 N–H and O–H groups in total. The SMILES string of the molecule is c1ccc(-c2cccc(N(c3ccc(-c4ccc(-c5cccc(-c6ccc7ccccc7c6)c5)cc4)cc3)c3ccc(-c4ccc5c(c4)sc4ccccc45)cc3)c2)cc1. The van der Waals surface area contributed by atoms with Gasteiger partial charge in [0.15, 0.2) is 0 Å². The van der Waals surface area contributed by atoms with Gasteiger partial charge in [0.1, 0.15) is 0 Å². The summed E-state index contributed by atoms with van der Waals surface area (Å²) in [6.07, 6.45) is 0. The standard InChI is InChI=1S/C58H39NS/c1-2-10-40(11-3-1)49-16-9-17-54(38-49)59(53-33-28-45(29-34-53)51-30-35-56-55-18-6-7-19-57(55)60-58(56)39-51)52-31-26-43(27-32-52)42-20-22-44(23-21-42)47-14-8-15-48(36-47)50-25-24-41-12-4-5-13-46(41)37-50/h1-39H. The van der Waals surface area contributed by atoms with E-state index >= 15 is 0 Å². The van der Waals surface area contributed by atoms with E-state index in [0.29, 0.717) is 0 Å². The molecule has 0 saturated carbocycles. The Hall–Kier alpha value is -7.52. The number of hydrogen-bond acceptors (Lipinski definition) is 2. The molecule has 0 spiro atoms. The van der Waals surface area contributed by atoms with Gasteiger partial charge in [-0.15, -0.1) is 11.3 Å². The number of hydrogen-bond donors (Lipinski definition) is 0. The van der Waals surface area contributed by atoms with Gasteiger partial charge in [0, 0.05) is 37.2 Å². The van der Waals surface area contributed by atoms with Crippen molar-refractivity contribution in [2.45, 2.75) is 0 Å². The van der Waals surface area contributed by atoms with E-state index in [1.54, 1.807) is 0 Å². The van der Waals surface area contributed by atoms with Crippen LogP contribution in [0, 0.1) is 0 Å². The lowest BCUT2D eigenvalue weighted by Gasteiger charge is -2.26. The molecule has 0 bridgehead atoms. The summed E-state index contributed by atoms with van der Waals surface area (Å²) < 4.78 is 2.65. The zero-order valence-corrected chi connectivity index (χ0v) is 33.7. The Morgan fingerprint density at radius 1 is 0.233 bits per heavy atom. The molecule has 11 rings (SSSR count). The summed E-state index contributed by atoms with van der Waals surface area (Å²) in [5, 5.41) is 5.17. The molecular weight excluding hydrogens is 743 g/mol. The minimum Gasteiger partial charge on any atom is -0.310 e. The maximum atomic E-state index is 2.36. The largest absolute Gasteiger partial charge is 0.310 e. The highest BCUT2D eigenvalue weighted by atomic mass is 32.1. The molecule has 0 aliphatic heterocycles. The van der Waals surface area contributed by atoms with Gasteiger partial charge in [0.25, 0.3) is 0 Å². The third-order valence-corrected chi connectivity index (χ3v) is 12.8. The molecule has 0 aliphatic rings. The van der Waals surface area contributed by atoms with Gasteiger partial charge in [-0.3, -0.25) is 0 Å². The summed E-state index contributed by atoms with van der Waals surface area (Å²) >= 11 is 1.86. The number of benzene rings is 10. The zero-order chi connectivity index (χ0) is 39.8. The lowest BCUT2D eigenvalue weighted by atomic mass is 9.96. The van der Waals surface area contributed by atoms with E-state index in [1.807, 2.05) is 11.3 Å². The normalized spacial score (nSPS) is 11.3. The average molecular weight is 782 g/mol. The Balaban J connectivity index is 0.899. The summed E-state index contributed by atoms with van der Waals surface area (Å²) in [7, 11) is 0. The molecule has 10 aromatic carbocycles. The summed E-state index contributed by atoms with van der Waals surface area (Å²) in [4.78, 5) is 2.36. The van der Waals surface area contributed by atoms with Crippen molar-refractivity contribution in [1.29, 1.82) is 0 Å². The molecule has 0 atom stereocenters. The highest BCUT2D eigenvalue weighted by Crippen LogP contribution is 2.40. The van der Waals surface area contributed by atoms with Crippen LogP contribution < -0.4 is 4.90 Å². The lowest BCUT2D eigenvalue weighted by molar-refractivity contribution is 1.28. The van der Waals surface area contributed by atoms with Crippen LogP contribution in [0.15, 0.2) is 237 Å². The second kappa shape index (κ2) is 15.3. The number of fused-ring (bicyclic) bond motifs is 4. The summed E-state index contributed by atoms with van der Waals surface area (Å²) in [6.45, 7) is 0. The first kappa shape index (κ1) is 35.6. The fourth-order valence-electron chi connectivity index (χ4n) is 8.52. The van der Waals surface area contributed by atoms with Crippen LogP contribution >= 0.6 is 11.3 Å². The van der Waals surface area contributed by atoms with Crippen molar-refractivity contribution in [1.82, 2.24) is 0 Å². The maximum absolute atomic E-state index is 2.36. The molecule has 0 amide bonds. The van der Waals surface area contributed by atoms with Gasteiger partial charge in [0.2, 0.25) is 0 Å². The third kappa shape index (κ3) is 6.83. The van der Waals surface area contributed by atoms with Crippen molar-refractivity contribution < 1.29 is 0 Å². The van der Waals surface area contributed by atoms with Crippen LogP contribution in [0.5, 0.6) is 0 Å². The zero-order valence-electron chi connectivity index (χ0n) is 32.9. The molecular formula is C58H39NS. The van der Waals surface area contributed by atoms with E-state index in [2.05, 4.69) is 241 Å². The van der Waals surface area contributed by atoms with Gasteiger partial charge in [-0.25, -0.2) is 0 Å². The molecule has 282 valence electrons. The molecule has 1 heterocycles. The molecule has 0 unspecified atom stereocenters. The molecule has 60 heavy (non-hydrogen) atoms. The molecule has 0 saturated heterocycles. The van der Waals surface area contributed by atoms with Crippen LogP contribution in [-0.4, -0.2) is 0 Å². The summed E-state index contributed by atoms with van der Waals surface area (Å²) in [5.74, 6) is 0. The number of nitrogens with zero attached hydrogens (tertiary/aromatic N) is 1. The van der Waals surface area contributed by atoms with Crippen LogP contribution in [0.4, 0.5) is 17.1 Å². The second-order valence-corrected chi connectivity index (χ2v) is 16.5. The minimum atomic E-state index is 1.10. The van der Waals surface area contributed by atoms with Crippen molar-refractivity contribution >= 4 is 59.3 Å². The quantitative estimate of drug-likeness (QED) is 0.148. The van der Waals surface area contributed by atoms with Crippen molar-refractivity contribution in [3.63, 3.8) is 0 Å². The molecule has 11 aromatic rings. The number of anilines is 3. The van der Waals surface area contributed by atoms with Gasteiger partial charge < -0.3 is 4.90 Å². The van der Waals surface area contributed by atoms with Gasteiger partial charge in [0.05, 0.1) is 0 Å². The van der Waals surface area contributed by atoms with Crippen LogP contribution in [0.2, 0.25) is 0 Å². The molecule has 1 nitrogen and oxygen atoms in total. The van der Waals surface area contributed by atoms with E-state index < -0.39 is 0 Å². The Bertz CT molecular complexity index is 3290. The van der Waals surface area contributed by atoms with Crippen LogP contribution in [0.1, 0.15) is 0 Å². The van der Waals surface area contributed by atoms with Crippen molar-refractivity contribution in [3.8, 4) is 55.6 Å². The van der Waals surface area contributed by atoms with E-state index in [1.165, 1.54) is 86.6 Å². The second-order valence-electron chi connectivity index (χ2n) is 15.4. The molecule has 1 aromatic heterocycles. The highest BCUT2D eigenvalue weighted by Gasteiger charge is 2.15. The van der Waals surface area contributed by atoms with Gasteiger partial charge in [-0.1, -0.05) is 176 Å². The average Bonchev–Trinajstić information content (AvgIpc) is 3.70. The predicted molar refractivity (Wildman–Crippen MR) is 259 cm³/mol. The van der Waals surface area contributed by atoms with E-state index in [9.17, 15) is 0 Å². The molecule has 0 aliphatic carbocycles. The monoisotopic (exact) mass is 781 g/mol. The first-order valence-electron chi connectivity index (χ1n) is 20.5. The summed E-state index contributed by atoms with van der Waals surface area (Å²) in [6, 6.07) is 86.1. The van der Waals surface area contributed by atoms with Crippen LogP contribution in [0.3, 0.4) is 0 Å². The van der Waals surface area contributed by atoms with Gasteiger partial charge >= 0.3 is 0 Å². The fourth-order valence-corrected chi connectivity index (χ4v) is 9.66. The smallest absolute Gasteiger partial charge is 0.0467 e. The first-order chi connectivity index (χ1) is 29.7. The topological polar surface area (TPSA) is 3.24 Å². The first-order valence-corrected chi connectivity index (χ1v) is 21.3. The minimum absolute atomic E-state index is 1.10. The third-order valence-electron chi connectivity index (χ3n) is 11.7. The summed E-state index contributed by atoms with van der Waals surface area (Å²) in [5.41, 5.74) is 15.4. The van der Waals surface area contributed by atoms with Crippen molar-refractivity contribution in [2.75, 3.05) is 4.90 Å². The molecule has 0 radical (unpaired) electrons. The Morgan fingerprint density at radius 3 is 1.40 bits per heavy atom. The fraction of sp³-hybridized carbons (Fsp3) is 0. The Morgan fingerprint density at radius 2 is 0.683 bits per heavy atom. The predicted octanol–water partition coefficient (Wildman–Crippen LogP) is 17.0. The van der Waals surface area contributed by atoms with Crippen LogP contribution in [0.25, 0.3) is 86.6 Å². The Kier molecular flexibility index (Phi) is 9.11. The van der Waals surface area contributed by atoms with Gasteiger partial charge in [-0.05, 0) is 127 Å². The molecule has 0 fully saturated rings. The van der Waals surface area contributed by atoms with E-state index in [-0.39, 0.29) is 0 Å². The number of rotatable bonds is 8. The molecule has 2 heteroatoms. The van der Waals surface area contributed by atoms with E-state index in [4.69, 9.17) is 0 Å². The van der Waals surface area contributed by atoms with Crippen LogP contribution in [-0.2, 0) is 0 Å².